The van der Waals surface area contributed by atoms with E-state index in [4.69, 9.17) is 4.74 Å². The fraction of sp³-hybridized carbons (Fsp3) is 0.778. The number of thiophene rings is 1. The zero-order valence-corrected chi connectivity index (χ0v) is 21.9. The van der Waals surface area contributed by atoms with Gasteiger partial charge in [0.2, 0.25) is 5.91 Å². The minimum Gasteiger partial charge on any atom is -0.465 e. The molecule has 0 bridgehead atoms. The van der Waals surface area contributed by atoms with Crippen LogP contribution in [-0.4, -0.2) is 19.0 Å². The number of esters is 1. The number of fused-ring (bicyclic) bond motifs is 1. The number of methoxy groups -OCH3 is 1. The van der Waals surface area contributed by atoms with Crippen LogP contribution in [-0.2, 0) is 22.4 Å². The Morgan fingerprint density at radius 2 is 1.66 bits per heavy atom. The standard InChI is InChI=1S/C27H45NO3S/c1-6-8-9-10-11-12-13-14-15-16-23(29)28-25-24(26(30)31-5)21-18-17-20(19-22(21)32-25)27(3,4)7-2/h20H,6-19H2,1-5H3,(H,28,29)/t20-/m0/s1. The molecule has 4 nitrogen and oxygen atoms in total. The third-order valence-electron chi connectivity index (χ3n) is 7.43. The first-order chi connectivity index (χ1) is 15.3. The van der Waals surface area contributed by atoms with Gasteiger partial charge in [-0.15, -0.1) is 11.3 Å². The van der Waals surface area contributed by atoms with Crippen LogP contribution in [0.25, 0.3) is 0 Å². The lowest BCUT2D eigenvalue weighted by atomic mass is 9.69. The maximum Gasteiger partial charge on any atom is 0.341 e. The summed E-state index contributed by atoms with van der Waals surface area (Å²) in [5.41, 5.74) is 1.98. The molecule has 0 fully saturated rings. The molecule has 0 unspecified atom stereocenters. The van der Waals surface area contributed by atoms with Crippen LogP contribution < -0.4 is 5.32 Å². The molecular formula is C27H45NO3S. The third-order valence-corrected chi connectivity index (χ3v) is 8.60. The van der Waals surface area contributed by atoms with E-state index >= 15 is 0 Å². The molecule has 1 amide bonds. The Morgan fingerprint density at radius 1 is 1.03 bits per heavy atom. The highest BCUT2D eigenvalue weighted by Crippen LogP contribution is 2.45. The normalized spacial score (nSPS) is 16.0. The van der Waals surface area contributed by atoms with E-state index < -0.39 is 0 Å². The van der Waals surface area contributed by atoms with Gasteiger partial charge in [0.15, 0.2) is 0 Å². The number of nitrogens with one attached hydrogen (secondary N) is 1. The van der Waals surface area contributed by atoms with Crippen LogP contribution in [0.5, 0.6) is 0 Å². The van der Waals surface area contributed by atoms with Crippen molar-refractivity contribution in [2.24, 2.45) is 11.3 Å². The van der Waals surface area contributed by atoms with Crippen LogP contribution in [0.2, 0.25) is 0 Å². The summed E-state index contributed by atoms with van der Waals surface area (Å²) in [6.45, 7) is 9.17. The van der Waals surface area contributed by atoms with Gasteiger partial charge in [-0.1, -0.05) is 85.5 Å². The second kappa shape index (κ2) is 13.4. The zero-order valence-electron chi connectivity index (χ0n) is 21.1. The van der Waals surface area contributed by atoms with Gasteiger partial charge in [0.25, 0.3) is 0 Å². The topological polar surface area (TPSA) is 55.4 Å². The molecule has 1 N–H and O–H groups in total. The summed E-state index contributed by atoms with van der Waals surface area (Å²) < 4.78 is 5.08. The van der Waals surface area contributed by atoms with Crippen molar-refractivity contribution in [2.45, 2.75) is 118 Å². The summed E-state index contributed by atoms with van der Waals surface area (Å²) in [6.07, 6.45) is 15.7. The van der Waals surface area contributed by atoms with E-state index in [1.165, 1.54) is 56.9 Å². The van der Waals surface area contributed by atoms with E-state index in [0.717, 1.165) is 44.1 Å². The molecule has 1 aliphatic carbocycles. The van der Waals surface area contributed by atoms with Gasteiger partial charge in [-0.3, -0.25) is 4.79 Å². The first kappa shape index (κ1) is 26.9. The molecule has 0 spiro atoms. The van der Waals surface area contributed by atoms with Gasteiger partial charge in [-0.25, -0.2) is 4.79 Å². The maximum absolute atomic E-state index is 12.6. The molecule has 0 saturated heterocycles. The predicted octanol–water partition coefficient (Wildman–Crippen LogP) is 7.94. The Morgan fingerprint density at radius 3 is 2.25 bits per heavy atom. The summed E-state index contributed by atoms with van der Waals surface area (Å²) in [5, 5.41) is 3.75. The lowest BCUT2D eigenvalue weighted by Crippen LogP contribution is -2.28. The summed E-state index contributed by atoms with van der Waals surface area (Å²) >= 11 is 1.59. The quantitative estimate of drug-likeness (QED) is 0.225. The molecule has 1 heterocycles. The molecule has 1 aliphatic rings. The van der Waals surface area contributed by atoms with Gasteiger partial charge >= 0.3 is 5.97 Å². The second-order valence-corrected chi connectivity index (χ2v) is 11.2. The van der Waals surface area contributed by atoms with Gasteiger partial charge in [0.1, 0.15) is 5.00 Å². The Kier molecular flexibility index (Phi) is 11.2. The van der Waals surface area contributed by atoms with Gasteiger partial charge in [0, 0.05) is 11.3 Å². The molecule has 182 valence electrons. The van der Waals surface area contributed by atoms with E-state index in [1.54, 1.807) is 11.3 Å². The van der Waals surface area contributed by atoms with Crippen molar-refractivity contribution in [3.05, 3.63) is 16.0 Å². The highest BCUT2D eigenvalue weighted by molar-refractivity contribution is 7.17. The molecule has 1 aromatic heterocycles. The average Bonchev–Trinajstić information content (AvgIpc) is 3.14. The summed E-state index contributed by atoms with van der Waals surface area (Å²) in [6, 6.07) is 0. The molecule has 2 rings (SSSR count). The molecule has 32 heavy (non-hydrogen) atoms. The lowest BCUT2D eigenvalue weighted by molar-refractivity contribution is -0.116. The van der Waals surface area contributed by atoms with Crippen molar-refractivity contribution in [1.82, 2.24) is 0 Å². The van der Waals surface area contributed by atoms with Crippen LogP contribution in [0.1, 0.15) is 126 Å². The van der Waals surface area contributed by atoms with Crippen LogP contribution in [0.15, 0.2) is 0 Å². The molecule has 1 aromatic rings. The lowest BCUT2D eigenvalue weighted by Gasteiger charge is -2.36. The molecule has 5 heteroatoms. The van der Waals surface area contributed by atoms with Gasteiger partial charge in [-0.2, -0.15) is 0 Å². The SMILES string of the molecule is CCCCCCCCCCCC(=O)Nc1sc2c(c1C(=O)OC)CC[C@H](C(C)(C)CC)C2. The number of unbranched alkanes of at least 4 members (excludes halogenated alkanes) is 8. The number of anilines is 1. The van der Waals surface area contributed by atoms with Crippen LogP contribution in [0.3, 0.4) is 0 Å². The van der Waals surface area contributed by atoms with Gasteiger partial charge < -0.3 is 10.1 Å². The predicted molar refractivity (Wildman–Crippen MR) is 136 cm³/mol. The molecule has 0 aliphatic heterocycles. The van der Waals surface area contributed by atoms with E-state index in [0.29, 0.717) is 22.9 Å². The average molecular weight is 464 g/mol. The summed E-state index contributed by atoms with van der Waals surface area (Å²) in [7, 11) is 1.42. The molecule has 1 atom stereocenters. The minimum atomic E-state index is -0.325. The first-order valence-electron chi connectivity index (χ1n) is 12.9. The van der Waals surface area contributed by atoms with Crippen LogP contribution >= 0.6 is 11.3 Å². The number of rotatable bonds is 14. The van der Waals surface area contributed by atoms with E-state index in [1.807, 2.05) is 0 Å². The Hall–Kier alpha value is -1.36. The number of carbonyl (C=O) groups excluding carboxylic acids is 2. The number of carbonyl (C=O) groups is 2. The first-order valence-corrected chi connectivity index (χ1v) is 13.7. The Labute approximate surface area is 199 Å². The number of hydrogen-bond donors (Lipinski definition) is 1. The number of hydrogen-bond acceptors (Lipinski definition) is 4. The summed E-state index contributed by atoms with van der Waals surface area (Å²) in [5.74, 6) is 0.297. The van der Waals surface area contributed by atoms with E-state index in [2.05, 4.69) is 33.0 Å². The van der Waals surface area contributed by atoms with Crippen molar-refractivity contribution >= 4 is 28.2 Å². The largest absolute Gasteiger partial charge is 0.465 e. The molecule has 0 aromatic carbocycles. The Bertz CT molecular complexity index is 738. The smallest absolute Gasteiger partial charge is 0.341 e. The fourth-order valence-corrected chi connectivity index (χ4v) is 6.06. The number of ether oxygens (including phenoxy) is 1. The highest BCUT2D eigenvalue weighted by atomic mass is 32.1. The Balaban J connectivity index is 1.90. The van der Waals surface area contributed by atoms with E-state index in [-0.39, 0.29) is 17.3 Å². The van der Waals surface area contributed by atoms with Crippen molar-refractivity contribution < 1.29 is 14.3 Å². The second-order valence-electron chi connectivity index (χ2n) is 10.1. The zero-order chi connectivity index (χ0) is 23.6. The molecule has 0 radical (unpaired) electrons. The fourth-order valence-electron chi connectivity index (χ4n) is 4.73. The van der Waals surface area contributed by atoms with Crippen LogP contribution in [0, 0.1) is 11.3 Å². The van der Waals surface area contributed by atoms with Crippen molar-refractivity contribution in [3.63, 3.8) is 0 Å². The van der Waals surface area contributed by atoms with Crippen molar-refractivity contribution in [2.75, 3.05) is 12.4 Å². The molecule has 0 saturated carbocycles. The maximum atomic E-state index is 12.6. The molecular weight excluding hydrogens is 418 g/mol. The van der Waals surface area contributed by atoms with Crippen LogP contribution in [0.4, 0.5) is 5.00 Å². The third kappa shape index (κ3) is 7.60. The number of amides is 1. The van der Waals surface area contributed by atoms with Gasteiger partial charge in [-0.05, 0) is 42.6 Å². The highest BCUT2D eigenvalue weighted by Gasteiger charge is 2.35. The van der Waals surface area contributed by atoms with Gasteiger partial charge in [0.05, 0.1) is 12.7 Å². The summed E-state index contributed by atoms with van der Waals surface area (Å²) in [4.78, 5) is 26.4. The van der Waals surface area contributed by atoms with Crippen molar-refractivity contribution in [1.29, 1.82) is 0 Å². The van der Waals surface area contributed by atoms with E-state index in [9.17, 15) is 9.59 Å². The monoisotopic (exact) mass is 463 g/mol. The van der Waals surface area contributed by atoms with Crippen molar-refractivity contribution in [3.8, 4) is 0 Å². The minimum absolute atomic E-state index is 0.0159.